The lowest BCUT2D eigenvalue weighted by molar-refractivity contribution is -0.137. The van der Waals surface area contributed by atoms with Crippen molar-refractivity contribution in [1.29, 1.82) is 0 Å². The molecule has 134 valence electrons. The Labute approximate surface area is 145 Å². The molecule has 0 spiro atoms. The molecule has 2 aromatic heterocycles. The predicted octanol–water partition coefficient (Wildman–Crippen LogP) is 3.27. The number of benzene rings is 1. The van der Waals surface area contributed by atoms with Gasteiger partial charge in [0.1, 0.15) is 11.4 Å². The quantitative estimate of drug-likeness (QED) is 0.743. The Morgan fingerprint density at radius 2 is 1.96 bits per heavy atom. The molecule has 0 saturated heterocycles. The molecule has 3 rings (SSSR count). The Morgan fingerprint density at radius 1 is 1.15 bits per heavy atom. The Bertz CT molecular complexity index is 924. The first-order valence-electron chi connectivity index (χ1n) is 7.46. The SMILES string of the molecule is Nc1nc(C(=O)NCc2cccc(C(F)(F)F)c2)cc(-c2ccco2)n1. The Hall–Kier alpha value is -3.36. The number of carbonyl (C=O) groups is 1. The highest BCUT2D eigenvalue weighted by Gasteiger charge is 2.30. The van der Waals surface area contributed by atoms with Gasteiger partial charge >= 0.3 is 6.18 Å². The molecule has 3 aromatic rings. The molecule has 0 radical (unpaired) electrons. The zero-order valence-corrected chi connectivity index (χ0v) is 13.2. The van der Waals surface area contributed by atoms with Crippen LogP contribution in [0.25, 0.3) is 11.5 Å². The van der Waals surface area contributed by atoms with Gasteiger partial charge in [0.15, 0.2) is 5.76 Å². The van der Waals surface area contributed by atoms with Gasteiger partial charge in [0.25, 0.3) is 5.91 Å². The minimum absolute atomic E-state index is 0.0177. The van der Waals surface area contributed by atoms with Crippen LogP contribution in [0, 0.1) is 0 Å². The highest BCUT2D eigenvalue weighted by molar-refractivity contribution is 5.93. The number of anilines is 1. The van der Waals surface area contributed by atoms with Crippen LogP contribution in [-0.4, -0.2) is 15.9 Å². The number of nitrogens with one attached hydrogen (secondary N) is 1. The Kier molecular flexibility index (Phi) is 4.61. The Morgan fingerprint density at radius 3 is 2.65 bits per heavy atom. The second-order valence-electron chi connectivity index (χ2n) is 5.35. The van der Waals surface area contributed by atoms with Gasteiger partial charge in [-0.05, 0) is 35.9 Å². The van der Waals surface area contributed by atoms with E-state index in [4.69, 9.17) is 10.2 Å². The number of nitrogens with two attached hydrogens (primary N) is 1. The van der Waals surface area contributed by atoms with E-state index in [0.29, 0.717) is 17.0 Å². The van der Waals surface area contributed by atoms with E-state index in [2.05, 4.69) is 15.3 Å². The molecule has 0 aliphatic carbocycles. The van der Waals surface area contributed by atoms with Gasteiger partial charge in [-0.1, -0.05) is 12.1 Å². The van der Waals surface area contributed by atoms with Crippen LogP contribution in [0.15, 0.2) is 53.1 Å². The van der Waals surface area contributed by atoms with Crippen LogP contribution in [-0.2, 0) is 12.7 Å². The number of amides is 1. The minimum Gasteiger partial charge on any atom is -0.463 e. The van der Waals surface area contributed by atoms with E-state index in [0.717, 1.165) is 12.1 Å². The number of halogens is 3. The highest BCUT2D eigenvalue weighted by atomic mass is 19.4. The standard InChI is InChI=1S/C17H13F3N4O2/c18-17(19,20)11-4-1-3-10(7-11)9-22-15(25)13-8-12(23-16(21)24-13)14-5-2-6-26-14/h1-8H,9H2,(H,22,25)(H2,21,23,24). The number of rotatable bonds is 4. The zero-order valence-electron chi connectivity index (χ0n) is 13.2. The van der Waals surface area contributed by atoms with Crippen LogP contribution < -0.4 is 11.1 Å². The summed E-state index contributed by atoms with van der Waals surface area (Å²) in [6, 6.07) is 9.39. The van der Waals surface area contributed by atoms with Gasteiger partial charge in [0.2, 0.25) is 5.95 Å². The summed E-state index contributed by atoms with van der Waals surface area (Å²) in [4.78, 5) is 20.1. The average Bonchev–Trinajstić information content (AvgIpc) is 3.13. The normalized spacial score (nSPS) is 11.3. The molecular formula is C17H13F3N4O2. The molecule has 0 aliphatic heterocycles. The van der Waals surface area contributed by atoms with Gasteiger partial charge in [-0.2, -0.15) is 13.2 Å². The van der Waals surface area contributed by atoms with Crippen LogP contribution in [0.1, 0.15) is 21.6 Å². The van der Waals surface area contributed by atoms with E-state index < -0.39 is 17.6 Å². The van der Waals surface area contributed by atoms with Crippen molar-refractivity contribution in [2.24, 2.45) is 0 Å². The molecule has 1 amide bonds. The minimum atomic E-state index is -4.45. The fourth-order valence-electron chi connectivity index (χ4n) is 2.26. The van der Waals surface area contributed by atoms with Crippen molar-refractivity contribution in [3.63, 3.8) is 0 Å². The zero-order chi connectivity index (χ0) is 18.7. The third-order valence-electron chi connectivity index (χ3n) is 3.46. The van der Waals surface area contributed by atoms with E-state index in [1.165, 1.54) is 24.5 Å². The van der Waals surface area contributed by atoms with Gasteiger partial charge in [-0.15, -0.1) is 0 Å². The van der Waals surface area contributed by atoms with Gasteiger partial charge < -0.3 is 15.5 Å². The third-order valence-corrected chi connectivity index (χ3v) is 3.46. The molecule has 0 saturated carbocycles. The van der Waals surface area contributed by atoms with Crippen LogP contribution in [0.2, 0.25) is 0 Å². The van der Waals surface area contributed by atoms with Gasteiger partial charge in [-0.3, -0.25) is 4.79 Å². The molecule has 3 N–H and O–H groups in total. The monoisotopic (exact) mass is 362 g/mol. The molecule has 2 heterocycles. The second-order valence-corrected chi connectivity index (χ2v) is 5.35. The fraction of sp³-hybridized carbons (Fsp3) is 0.118. The maximum atomic E-state index is 12.7. The van der Waals surface area contributed by atoms with E-state index in [1.807, 2.05) is 0 Å². The topological polar surface area (TPSA) is 94.0 Å². The molecule has 0 unspecified atom stereocenters. The first-order chi connectivity index (χ1) is 12.3. The maximum Gasteiger partial charge on any atom is 0.416 e. The highest BCUT2D eigenvalue weighted by Crippen LogP contribution is 2.29. The molecule has 1 aromatic carbocycles. The molecular weight excluding hydrogens is 349 g/mol. The lowest BCUT2D eigenvalue weighted by atomic mass is 10.1. The largest absolute Gasteiger partial charge is 0.463 e. The number of carbonyl (C=O) groups excluding carboxylic acids is 1. The number of nitrogens with zero attached hydrogens (tertiary/aromatic N) is 2. The van der Waals surface area contributed by atoms with Crippen molar-refractivity contribution in [2.75, 3.05) is 5.73 Å². The number of hydrogen-bond donors (Lipinski definition) is 2. The van der Waals surface area contributed by atoms with Crippen molar-refractivity contribution in [3.8, 4) is 11.5 Å². The van der Waals surface area contributed by atoms with Gasteiger partial charge in [0.05, 0.1) is 11.8 Å². The van der Waals surface area contributed by atoms with E-state index in [-0.39, 0.29) is 18.2 Å². The summed E-state index contributed by atoms with van der Waals surface area (Å²) in [5.41, 5.74) is 5.44. The van der Waals surface area contributed by atoms with Gasteiger partial charge in [0, 0.05) is 6.54 Å². The van der Waals surface area contributed by atoms with Crippen molar-refractivity contribution in [2.45, 2.75) is 12.7 Å². The molecule has 0 atom stereocenters. The van der Waals surface area contributed by atoms with Crippen molar-refractivity contribution in [1.82, 2.24) is 15.3 Å². The fourth-order valence-corrected chi connectivity index (χ4v) is 2.26. The van der Waals surface area contributed by atoms with Crippen LogP contribution in [0.5, 0.6) is 0 Å². The summed E-state index contributed by atoms with van der Waals surface area (Å²) >= 11 is 0. The van der Waals surface area contributed by atoms with Crippen molar-refractivity contribution < 1.29 is 22.4 Å². The summed E-state index contributed by atoms with van der Waals surface area (Å²) in [6.45, 7) is -0.0945. The Balaban J connectivity index is 1.75. The van der Waals surface area contributed by atoms with Crippen molar-refractivity contribution >= 4 is 11.9 Å². The number of furan rings is 1. The van der Waals surface area contributed by atoms with E-state index in [1.54, 1.807) is 12.1 Å². The van der Waals surface area contributed by atoms with Crippen LogP contribution in [0.4, 0.5) is 19.1 Å². The van der Waals surface area contributed by atoms with Crippen LogP contribution in [0.3, 0.4) is 0 Å². The van der Waals surface area contributed by atoms with Crippen molar-refractivity contribution in [3.05, 3.63) is 65.5 Å². The number of aromatic nitrogens is 2. The van der Waals surface area contributed by atoms with Crippen LogP contribution >= 0.6 is 0 Å². The second kappa shape index (κ2) is 6.87. The molecule has 26 heavy (non-hydrogen) atoms. The third kappa shape index (κ3) is 4.00. The molecule has 0 fully saturated rings. The van der Waals surface area contributed by atoms with E-state index >= 15 is 0 Å². The summed E-state index contributed by atoms with van der Waals surface area (Å²) in [5.74, 6) is -0.307. The number of hydrogen-bond acceptors (Lipinski definition) is 5. The predicted molar refractivity (Wildman–Crippen MR) is 86.8 cm³/mol. The molecule has 6 nitrogen and oxygen atoms in total. The lowest BCUT2D eigenvalue weighted by Gasteiger charge is -2.10. The first kappa shape index (κ1) is 17.5. The summed E-state index contributed by atoms with van der Waals surface area (Å²) < 4.78 is 43.4. The summed E-state index contributed by atoms with van der Waals surface area (Å²) in [5, 5.41) is 2.51. The van der Waals surface area contributed by atoms with E-state index in [9.17, 15) is 18.0 Å². The smallest absolute Gasteiger partial charge is 0.416 e. The number of nitrogen functional groups attached to an aromatic ring is 1. The molecule has 0 bridgehead atoms. The molecule has 0 aliphatic rings. The average molecular weight is 362 g/mol. The number of alkyl halides is 3. The summed E-state index contributed by atoms with van der Waals surface area (Å²) in [7, 11) is 0. The maximum absolute atomic E-state index is 12.7. The van der Waals surface area contributed by atoms with Gasteiger partial charge in [-0.25, -0.2) is 9.97 Å². The molecule has 9 heteroatoms. The summed E-state index contributed by atoms with van der Waals surface area (Å²) in [6.07, 6.45) is -3.00. The first-order valence-corrected chi connectivity index (χ1v) is 7.46. The lowest BCUT2D eigenvalue weighted by Crippen LogP contribution is -2.24.